The molecule has 1 fully saturated rings. The predicted molar refractivity (Wildman–Crippen MR) is 80.2 cm³/mol. The molecular formula is C15H31N3O. The van der Waals surface area contributed by atoms with E-state index in [9.17, 15) is 4.79 Å². The van der Waals surface area contributed by atoms with E-state index in [0.717, 1.165) is 32.4 Å². The molecular weight excluding hydrogens is 238 g/mol. The molecule has 4 heteroatoms. The van der Waals surface area contributed by atoms with E-state index in [1.807, 2.05) is 0 Å². The van der Waals surface area contributed by atoms with Gasteiger partial charge in [-0.1, -0.05) is 26.7 Å². The van der Waals surface area contributed by atoms with E-state index in [0.29, 0.717) is 5.92 Å². The van der Waals surface area contributed by atoms with Crippen LogP contribution in [0.3, 0.4) is 0 Å². The molecule has 0 aromatic heterocycles. The lowest BCUT2D eigenvalue weighted by molar-refractivity contribution is -0.124. The monoisotopic (exact) mass is 269 g/mol. The van der Waals surface area contributed by atoms with Gasteiger partial charge in [-0.2, -0.15) is 0 Å². The summed E-state index contributed by atoms with van der Waals surface area (Å²) in [6.45, 7) is 6.30. The van der Waals surface area contributed by atoms with Crippen LogP contribution in [0.15, 0.2) is 0 Å². The SMILES string of the molecule is CC(C)CC(CN(C)C)NC(=O)C1CCCCCN1. The molecule has 1 amide bonds. The van der Waals surface area contributed by atoms with Crippen LogP contribution < -0.4 is 10.6 Å². The van der Waals surface area contributed by atoms with Gasteiger partial charge in [0.15, 0.2) is 0 Å². The third-order valence-corrected chi connectivity index (χ3v) is 3.56. The van der Waals surface area contributed by atoms with Crippen LogP contribution in [-0.2, 0) is 4.79 Å². The number of amides is 1. The summed E-state index contributed by atoms with van der Waals surface area (Å²) in [5, 5.41) is 6.60. The fourth-order valence-electron chi connectivity index (χ4n) is 2.74. The van der Waals surface area contributed by atoms with Crippen molar-refractivity contribution in [3.8, 4) is 0 Å². The molecule has 1 aliphatic rings. The minimum Gasteiger partial charge on any atom is -0.351 e. The van der Waals surface area contributed by atoms with Gasteiger partial charge in [-0.05, 0) is 45.8 Å². The second-order valence-electron chi connectivity index (χ2n) is 6.45. The molecule has 1 saturated heterocycles. The maximum atomic E-state index is 12.3. The average Bonchev–Trinajstić information content (AvgIpc) is 2.55. The number of nitrogens with zero attached hydrogens (tertiary/aromatic N) is 1. The van der Waals surface area contributed by atoms with E-state index < -0.39 is 0 Å². The molecule has 1 heterocycles. The zero-order valence-electron chi connectivity index (χ0n) is 13.0. The van der Waals surface area contributed by atoms with Gasteiger partial charge in [-0.25, -0.2) is 0 Å². The molecule has 0 aromatic carbocycles. The Hall–Kier alpha value is -0.610. The van der Waals surface area contributed by atoms with E-state index in [4.69, 9.17) is 0 Å². The number of nitrogens with one attached hydrogen (secondary N) is 2. The zero-order chi connectivity index (χ0) is 14.3. The number of carbonyl (C=O) groups is 1. The van der Waals surface area contributed by atoms with Crippen molar-refractivity contribution in [3.05, 3.63) is 0 Å². The van der Waals surface area contributed by atoms with Gasteiger partial charge < -0.3 is 15.5 Å². The highest BCUT2D eigenvalue weighted by Crippen LogP contribution is 2.10. The molecule has 2 unspecified atom stereocenters. The van der Waals surface area contributed by atoms with Crippen molar-refractivity contribution in [1.29, 1.82) is 0 Å². The lowest BCUT2D eigenvalue weighted by Gasteiger charge is -2.26. The van der Waals surface area contributed by atoms with Crippen molar-refractivity contribution in [2.45, 2.75) is 58.0 Å². The molecule has 1 rings (SSSR count). The molecule has 0 bridgehead atoms. The van der Waals surface area contributed by atoms with Crippen LogP contribution in [0.5, 0.6) is 0 Å². The van der Waals surface area contributed by atoms with Crippen LogP contribution in [0.25, 0.3) is 0 Å². The van der Waals surface area contributed by atoms with Gasteiger partial charge in [0.1, 0.15) is 0 Å². The zero-order valence-corrected chi connectivity index (χ0v) is 13.0. The number of hydrogen-bond acceptors (Lipinski definition) is 3. The maximum Gasteiger partial charge on any atom is 0.237 e. The molecule has 112 valence electrons. The van der Waals surface area contributed by atoms with Crippen molar-refractivity contribution in [2.75, 3.05) is 27.2 Å². The van der Waals surface area contributed by atoms with E-state index >= 15 is 0 Å². The number of rotatable bonds is 6. The quantitative estimate of drug-likeness (QED) is 0.770. The minimum atomic E-state index is 0.0133. The Labute approximate surface area is 118 Å². The Bertz CT molecular complexity index is 248. The first-order valence-corrected chi connectivity index (χ1v) is 7.67. The molecule has 2 atom stereocenters. The van der Waals surface area contributed by atoms with E-state index in [1.165, 1.54) is 12.8 Å². The van der Waals surface area contributed by atoms with Gasteiger partial charge in [0.25, 0.3) is 0 Å². The fourth-order valence-corrected chi connectivity index (χ4v) is 2.74. The normalized spacial score (nSPS) is 22.3. The van der Waals surface area contributed by atoms with Crippen molar-refractivity contribution < 1.29 is 4.79 Å². The van der Waals surface area contributed by atoms with Crippen molar-refractivity contribution in [2.24, 2.45) is 5.92 Å². The molecule has 4 nitrogen and oxygen atoms in total. The van der Waals surface area contributed by atoms with E-state index in [2.05, 4.69) is 43.5 Å². The summed E-state index contributed by atoms with van der Waals surface area (Å²) in [6, 6.07) is 0.270. The average molecular weight is 269 g/mol. The van der Waals surface area contributed by atoms with Gasteiger partial charge >= 0.3 is 0 Å². The van der Waals surface area contributed by atoms with Gasteiger partial charge in [-0.3, -0.25) is 4.79 Å². The summed E-state index contributed by atoms with van der Waals surface area (Å²) >= 11 is 0. The molecule has 19 heavy (non-hydrogen) atoms. The summed E-state index contributed by atoms with van der Waals surface area (Å²) < 4.78 is 0. The summed E-state index contributed by atoms with van der Waals surface area (Å²) in [5.41, 5.74) is 0. The highest BCUT2D eigenvalue weighted by molar-refractivity contribution is 5.82. The second kappa shape index (κ2) is 8.54. The molecule has 0 aliphatic carbocycles. The van der Waals surface area contributed by atoms with Crippen LogP contribution in [0, 0.1) is 5.92 Å². The Kier molecular flexibility index (Phi) is 7.39. The van der Waals surface area contributed by atoms with Gasteiger partial charge in [-0.15, -0.1) is 0 Å². The maximum absolute atomic E-state index is 12.3. The van der Waals surface area contributed by atoms with Crippen LogP contribution in [0.1, 0.15) is 46.0 Å². The van der Waals surface area contributed by atoms with Crippen LogP contribution >= 0.6 is 0 Å². The Morgan fingerprint density at radius 2 is 2.05 bits per heavy atom. The number of carbonyl (C=O) groups excluding carboxylic acids is 1. The molecule has 0 aromatic rings. The summed E-state index contributed by atoms with van der Waals surface area (Å²) in [6.07, 6.45) is 5.60. The largest absolute Gasteiger partial charge is 0.351 e. The Morgan fingerprint density at radius 1 is 1.32 bits per heavy atom. The predicted octanol–water partition coefficient (Wildman–Crippen LogP) is 1.61. The summed E-state index contributed by atoms with van der Waals surface area (Å²) in [4.78, 5) is 14.5. The van der Waals surface area contributed by atoms with Gasteiger partial charge in [0.05, 0.1) is 6.04 Å². The highest BCUT2D eigenvalue weighted by Gasteiger charge is 2.22. The fraction of sp³-hybridized carbons (Fsp3) is 0.933. The first-order valence-electron chi connectivity index (χ1n) is 7.67. The highest BCUT2D eigenvalue weighted by atomic mass is 16.2. The lowest BCUT2D eigenvalue weighted by Crippen LogP contribution is -2.50. The first-order chi connectivity index (χ1) is 8.99. The Balaban J connectivity index is 2.48. The number of hydrogen-bond donors (Lipinski definition) is 2. The topological polar surface area (TPSA) is 44.4 Å². The van der Waals surface area contributed by atoms with Crippen LogP contribution in [0.4, 0.5) is 0 Å². The minimum absolute atomic E-state index is 0.0133. The lowest BCUT2D eigenvalue weighted by atomic mass is 10.0. The number of likely N-dealkylation sites (N-methyl/N-ethyl adjacent to an activating group) is 1. The van der Waals surface area contributed by atoms with Crippen molar-refractivity contribution in [1.82, 2.24) is 15.5 Å². The van der Waals surface area contributed by atoms with Gasteiger partial charge in [0, 0.05) is 12.6 Å². The molecule has 2 N–H and O–H groups in total. The van der Waals surface area contributed by atoms with Crippen LogP contribution in [0.2, 0.25) is 0 Å². The summed E-state index contributed by atoms with van der Waals surface area (Å²) in [5.74, 6) is 0.793. The molecule has 0 spiro atoms. The van der Waals surface area contributed by atoms with Crippen molar-refractivity contribution >= 4 is 5.91 Å². The second-order valence-corrected chi connectivity index (χ2v) is 6.45. The molecule has 0 radical (unpaired) electrons. The van der Waals surface area contributed by atoms with Crippen molar-refractivity contribution in [3.63, 3.8) is 0 Å². The van der Waals surface area contributed by atoms with E-state index in [1.54, 1.807) is 0 Å². The third-order valence-electron chi connectivity index (χ3n) is 3.56. The third kappa shape index (κ3) is 6.92. The van der Waals surface area contributed by atoms with E-state index in [-0.39, 0.29) is 18.0 Å². The molecule has 0 saturated carbocycles. The smallest absolute Gasteiger partial charge is 0.237 e. The first kappa shape index (κ1) is 16.4. The Morgan fingerprint density at radius 3 is 2.68 bits per heavy atom. The summed E-state index contributed by atoms with van der Waals surface area (Å²) in [7, 11) is 4.12. The van der Waals surface area contributed by atoms with Crippen LogP contribution in [-0.4, -0.2) is 50.1 Å². The molecule has 1 aliphatic heterocycles. The van der Waals surface area contributed by atoms with Gasteiger partial charge in [0.2, 0.25) is 5.91 Å². The standard InChI is InChI=1S/C15H31N3O/c1-12(2)10-13(11-18(3)4)17-15(19)14-8-6-5-7-9-16-14/h12-14,16H,5-11H2,1-4H3,(H,17,19).